The summed E-state index contributed by atoms with van der Waals surface area (Å²) in [6.45, 7) is 0.0681. The molecule has 0 bridgehead atoms. The van der Waals surface area contributed by atoms with Crippen molar-refractivity contribution in [2.24, 2.45) is 5.73 Å². The summed E-state index contributed by atoms with van der Waals surface area (Å²) in [6.07, 6.45) is -4.53. The van der Waals surface area contributed by atoms with Crippen LogP contribution in [0.25, 0.3) is 0 Å². The first-order valence-electron chi connectivity index (χ1n) is 10.8. The molecule has 6 nitrogen and oxygen atoms in total. The second-order valence-electron chi connectivity index (χ2n) is 8.29. The van der Waals surface area contributed by atoms with Gasteiger partial charge in [0.15, 0.2) is 11.6 Å². The lowest BCUT2D eigenvalue weighted by molar-refractivity contribution is -0.137. The summed E-state index contributed by atoms with van der Waals surface area (Å²) in [6, 6.07) is 10.7. The Morgan fingerprint density at radius 2 is 1.71 bits per heavy atom. The van der Waals surface area contributed by atoms with E-state index in [0.29, 0.717) is 5.56 Å². The summed E-state index contributed by atoms with van der Waals surface area (Å²) in [5.74, 6) is -1.46. The third-order valence-electron chi connectivity index (χ3n) is 5.78. The lowest BCUT2D eigenvalue weighted by Crippen LogP contribution is -2.26. The first kappa shape index (κ1) is 24.4. The molecule has 3 aromatic rings. The van der Waals surface area contributed by atoms with Crippen molar-refractivity contribution in [3.8, 4) is 0 Å². The van der Waals surface area contributed by atoms with E-state index in [-0.39, 0.29) is 37.6 Å². The van der Waals surface area contributed by atoms with Crippen LogP contribution in [-0.2, 0) is 23.9 Å². The first-order chi connectivity index (χ1) is 16.6. The van der Waals surface area contributed by atoms with Gasteiger partial charge in [-0.05, 0) is 28.8 Å². The number of carbonyl (C=O) groups excluding carboxylic acids is 1. The SMILES string of the molecule is NC(=O)Cc1ccc(CNc2ncnc(N3C[C@H](F)CC3c3ccc(C(F)(F)F)cc3)c2F)cc1. The van der Waals surface area contributed by atoms with Crippen LogP contribution in [0.3, 0.4) is 0 Å². The summed E-state index contributed by atoms with van der Waals surface area (Å²) < 4.78 is 68.4. The smallest absolute Gasteiger partial charge is 0.369 e. The van der Waals surface area contributed by atoms with Crippen molar-refractivity contribution in [3.05, 3.63) is 82.9 Å². The molecule has 1 aliphatic rings. The number of halogens is 5. The lowest BCUT2D eigenvalue weighted by Gasteiger charge is -2.26. The molecule has 1 aliphatic heterocycles. The molecule has 1 aromatic heterocycles. The molecule has 4 rings (SSSR count). The fourth-order valence-corrected chi connectivity index (χ4v) is 4.08. The molecule has 2 aromatic carbocycles. The average molecular weight is 491 g/mol. The van der Waals surface area contributed by atoms with Crippen molar-refractivity contribution in [1.29, 1.82) is 0 Å². The number of benzene rings is 2. The third-order valence-corrected chi connectivity index (χ3v) is 5.78. The van der Waals surface area contributed by atoms with E-state index in [1.807, 2.05) is 0 Å². The zero-order valence-corrected chi connectivity index (χ0v) is 18.4. The van der Waals surface area contributed by atoms with E-state index < -0.39 is 35.7 Å². The highest BCUT2D eigenvalue weighted by atomic mass is 19.4. The number of hydrogen-bond acceptors (Lipinski definition) is 5. The van der Waals surface area contributed by atoms with Gasteiger partial charge in [0.2, 0.25) is 11.7 Å². The van der Waals surface area contributed by atoms with E-state index in [0.717, 1.165) is 29.6 Å². The lowest BCUT2D eigenvalue weighted by atomic mass is 10.0. The molecular formula is C24H22F5N5O. The van der Waals surface area contributed by atoms with Crippen molar-refractivity contribution >= 4 is 17.5 Å². The normalized spacial score (nSPS) is 18.0. The number of aromatic nitrogens is 2. The Hall–Kier alpha value is -3.76. The molecule has 0 radical (unpaired) electrons. The summed E-state index contributed by atoms with van der Waals surface area (Å²) in [4.78, 5) is 20.3. The van der Waals surface area contributed by atoms with Crippen LogP contribution < -0.4 is 16.0 Å². The second kappa shape index (κ2) is 9.85. The fraction of sp³-hybridized carbons (Fsp3) is 0.292. The molecule has 3 N–H and O–H groups in total. The zero-order chi connectivity index (χ0) is 25.2. The van der Waals surface area contributed by atoms with Crippen LogP contribution in [0.4, 0.5) is 33.6 Å². The fourth-order valence-electron chi connectivity index (χ4n) is 4.08. The van der Waals surface area contributed by atoms with Gasteiger partial charge in [0, 0.05) is 13.0 Å². The Kier molecular flexibility index (Phi) is 6.86. The molecule has 184 valence electrons. The van der Waals surface area contributed by atoms with Gasteiger partial charge >= 0.3 is 6.18 Å². The summed E-state index contributed by atoms with van der Waals surface area (Å²) in [7, 11) is 0. The third kappa shape index (κ3) is 5.67. The van der Waals surface area contributed by atoms with Crippen LogP contribution in [0.5, 0.6) is 0 Å². The highest BCUT2D eigenvalue weighted by Crippen LogP contribution is 2.39. The van der Waals surface area contributed by atoms with Crippen LogP contribution in [0.1, 0.15) is 34.7 Å². The van der Waals surface area contributed by atoms with Crippen molar-refractivity contribution in [2.45, 2.75) is 37.8 Å². The Morgan fingerprint density at radius 3 is 2.34 bits per heavy atom. The molecule has 0 spiro atoms. The number of amides is 1. The quantitative estimate of drug-likeness (QED) is 0.474. The average Bonchev–Trinajstić information content (AvgIpc) is 3.20. The van der Waals surface area contributed by atoms with Crippen molar-refractivity contribution in [1.82, 2.24) is 9.97 Å². The second-order valence-corrected chi connectivity index (χ2v) is 8.29. The standard InChI is InChI=1S/C24H22F5N5O/c25-18-10-19(16-5-7-17(8-6-16)24(27,28)29)34(12-18)23-21(26)22(32-13-33-23)31-11-15-3-1-14(2-4-15)9-20(30)35/h1-8,13,18-19H,9-12H2,(H2,30,35)(H,31,32,33)/t18-,19?/m1/s1. The van der Waals surface area contributed by atoms with E-state index in [2.05, 4.69) is 15.3 Å². The van der Waals surface area contributed by atoms with Crippen molar-refractivity contribution < 1.29 is 26.7 Å². The van der Waals surface area contributed by atoms with Gasteiger partial charge in [0.1, 0.15) is 12.5 Å². The number of nitrogens with two attached hydrogens (primary N) is 1. The van der Waals surface area contributed by atoms with Crippen LogP contribution in [0.2, 0.25) is 0 Å². The van der Waals surface area contributed by atoms with Gasteiger partial charge in [0.05, 0.1) is 24.6 Å². The predicted molar refractivity (Wildman–Crippen MR) is 120 cm³/mol. The number of carbonyl (C=O) groups is 1. The molecule has 2 atom stereocenters. The molecule has 35 heavy (non-hydrogen) atoms. The summed E-state index contributed by atoms with van der Waals surface area (Å²) in [5, 5.41) is 2.88. The summed E-state index contributed by atoms with van der Waals surface area (Å²) >= 11 is 0. The molecule has 0 aliphatic carbocycles. The maximum Gasteiger partial charge on any atom is 0.416 e. The zero-order valence-electron chi connectivity index (χ0n) is 18.4. The molecule has 1 fully saturated rings. The number of nitrogens with zero attached hydrogens (tertiary/aromatic N) is 3. The van der Waals surface area contributed by atoms with Crippen LogP contribution >= 0.6 is 0 Å². The number of nitrogens with one attached hydrogen (secondary N) is 1. The molecule has 1 amide bonds. The Balaban J connectivity index is 1.52. The predicted octanol–water partition coefficient (Wildman–Crippen LogP) is 4.56. The maximum absolute atomic E-state index is 15.3. The number of alkyl halides is 4. The molecule has 1 unspecified atom stereocenters. The molecule has 1 saturated heterocycles. The molecule has 11 heteroatoms. The number of hydrogen-bond donors (Lipinski definition) is 2. The van der Waals surface area contributed by atoms with Gasteiger partial charge < -0.3 is 16.0 Å². The van der Waals surface area contributed by atoms with Crippen LogP contribution in [0.15, 0.2) is 54.9 Å². The number of primary amides is 1. The minimum atomic E-state index is -4.49. The van der Waals surface area contributed by atoms with Gasteiger partial charge in [-0.15, -0.1) is 0 Å². The van der Waals surface area contributed by atoms with Gasteiger partial charge in [0.25, 0.3) is 0 Å². The van der Waals surface area contributed by atoms with E-state index >= 15 is 4.39 Å². The van der Waals surface area contributed by atoms with Gasteiger partial charge in [-0.2, -0.15) is 17.6 Å². The molecule has 2 heterocycles. The van der Waals surface area contributed by atoms with E-state index in [9.17, 15) is 22.4 Å². The minimum Gasteiger partial charge on any atom is -0.369 e. The van der Waals surface area contributed by atoms with Gasteiger partial charge in [-0.1, -0.05) is 36.4 Å². The Morgan fingerprint density at radius 1 is 1.06 bits per heavy atom. The largest absolute Gasteiger partial charge is 0.416 e. The van der Waals surface area contributed by atoms with Crippen LogP contribution in [0, 0.1) is 5.82 Å². The first-order valence-corrected chi connectivity index (χ1v) is 10.8. The number of anilines is 2. The topological polar surface area (TPSA) is 84.1 Å². The van der Waals surface area contributed by atoms with E-state index in [1.165, 1.54) is 17.0 Å². The Labute approximate surface area is 198 Å². The highest BCUT2D eigenvalue weighted by Gasteiger charge is 2.37. The van der Waals surface area contributed by atoms with E-state index in [4.69, 9.17) is 5.73 Å². The highest BCUT2D eigenvalue weighted by molar-refractivity contribution is 5.76. The van der Waals surface area contributed by atoms with E-state index in [1.54, 1.807) is 24.3 Å². The molecular weight excluding hydrogens is 469 g/mol. The van der Waals surface area contributed by atoms with Crippen molar-refractivity contribution in [3.63, 3.8) is 0 Å². The molecule has 0 saturated carbocycles. The Bertz CT molecular complexity index is 1180. The van der Waals surface area contributed by atoms with Gasteiger partial charge in [-0.3, -0.25) is 4.79 Å². The van der Waals surface area contributed by atoms with Crippen LogP contribution in [-0.4, -0.2) is 28.6 Å². The number of rotatable bonds is 7. The monoisotopic (exact) mass is 491 g/mol. The van der Waals surface area contributed by atoms with Crippen molar-refractivity contribution in [2.75, 3.05) is 16.8 Å². The summed E-state index contributed by atoms with van der Waals surface area (Å²) in [5.41, 5.74) is 6.34. The minimum absolute atomic E-state index is 0.00474. The maximum atomic E-state index is 15.3. The van der Waals surface area contributed by atoms with Gasteiger partial charge in [-0.25, -0.2) is 14.4 Å².